The van der Waals surface area contributed by atoms with E-state index in [4.69, 9.17) is 9.05 Å². The highest BCUT2D eigenvalue weighted by Gasteiger charge is 2.23. The van der Waals surface area contributed by atoms with E-state index >= 15 is 0 Å². The first-order valence-electron chi connectivity index (χ1n) is 29.0. The Kier molecular flexibility index (Phi) is 49.3. The Hall–Kier alpha value is -1.54. The molecule has 9 heteroatoms. The third kappa shape index (κ3) is 52.3. The highest BCUT2D eigenvalue weighted by molar-refractivity contribution is 7.45. The summed E-state index contributed by atoms with van der Waals surface area (Å²) in [5.41, 5.74) is 0. The number of aliphatic hydroxyl groups is 1. The molecule has 0 aromatic heterocycles. The van der Waals surface area contributed by atoms with Gasteiger partial charge >= 0.3 is 0 Å². The van der Waals surface area contributed by atoms with Crippen molar-refractivity contribution in [2.24, 2.45) is 0 Å². The summed E-state index contributed by atoms with van der Waals surface area (Å²) in [6.45, 7) is 4.65. The quantitative estimate of drug-likeness (QED) is 0.0272. The first-order valence-corrected chi connectivity index (χ1v) is 30.5. The van der Waals surface area contributed by atoms with Gasteiger partial charge in [0.2, 0.25) is 5.91 Å². The van der Waals surface area contributed by atoms with Crippen molar-refractivity contribution in [3.63, 3.8) is 0 Å². The number of unbranched alkanes of at least 4 members (excludes halogenated alkanes) is 34. The van der Waals surface area contributed by atoms with Gasteiger partial charge in [-0.15, -0.1) is 0 Å². The average molecular weight is 978 g/mol. The molecule has 0 aliphatic carbocycles. The van der Waals surface area contributed by atoms with Crippen molar-refractivity contribution in [2.75, 3.05) is 40.9 Å². The normalized spacial score (nSPS) is 14.3. The van der Waals surface area contributed by atoms with Crippen molar-refractivity contribution >= 4 is 13.7 Å². The Bertz CT molecular complexity index is 1250. The largest absolute Gasteiger partial charge is 0.756 e. The van der Waals surface area contributed by atoms with Crippen LogP contribution in [0, 0.1) is 0 Å². The molecule has 8 nitrogen and oxygen atoms in total. The summed E-state index contributed by atoms with van der Waals surface area (Å²) in [6, 6.07) is -0.906. The molecule has 0 radical (unpaired) electrons. The first-order chi connectivity index (χ1) is 33.0. The number of allylic oxidation sites excluding steroid dienone is 7. The Morgan fingerprint density at radius 3 is 1.28 bits per heavy atom. The summed E-state index contributed by atoms with van der Waals surface area (Å²) in [5.74, 6) is -0.208. The van der Waals surface area contributed by atoms with Crippen LogP contribution in [0.15, 0.2) is 48.6 Å². The lowest BCUT2D eigenvalue weighted by atomic mass is 10.0. The van der Waals surface area contributed by atoms with Crippen LogP contribution in [0.1, 0.15) is 271 Å². The van der Waals surface area contributed by atoms with Crippen LogP contribution in [0.3, 0.4) is 0 Å². The average Bonchev–Trinajstić information content (AvgIpc) is 3.30. The highest BCUT2D eigenvalue weighted by atomic mass is 31.2. The number of rotatable bonds is 53. The minimum absolute atomic E-state index is 0.00722. The molecule has 68 heavy (non-hydrogen) atoms. The van der Waals surface area contributed by atoms with Gasteiger partial charge < -0.3 is 28.8 Å². The van der Waals surface area contributed by atoms with E-state index in [1.807, 2.05) is 27.2 Å². The standard InChI is InChI=1S/C59H113N2O6P/c1-6-8-10-12-14-16-18-20-22-24-26-27-28-29-30-31-32-33-35-37-39-41-43-45-47-49-51-53-59(63)60-57(56-67-68(64,65)66-55-54-61(3,4)5)58(62)52-50-48-46-44-42-40-38-36-34-25-23-21-19-17-15-13-11-9-7-2/h26-27,29-30,42,44,50,52,57-58,62H,6-25,28,31-41,43,45-49,51,53-56H2,1-5H3,(H-,60,63,64,65)/b27-26-,30-29-,44-42+,52-50+. The lowest BCUT2D eigenvalue weighted by Gasteiger charge is -2.29. The number of amides is 1. The van der Waals surface area contributed by atoms with Gasteiger partial charge in [0.25, 0.3) is 7.82 Å². The minimum Gasteiger partial charge on any atom is -0.756 e. The van der Waals surface area contributed by atoms with Gasteiger partial charge in [-0.3, -0.25) is 9.36 Å². The zero-order chi connectivity index (χ0) is 49.9. The topological polar surface area (TPSA) is 108 Å². The second-order valence-corrected chi connectivity index (χ2v) is 22.4. The minimum atomic E-state index is -4.61. The Labute approximate surface area is 422 Å². The highest BCUT2D eigenvalue weighted by Crippen LogP contribution is 2.38. The third-order valence-corrected chi connectivity index (χ3v) is 14.0. The number of aliphatic hydroxyl groups excluding tert-OH is 1. The molecule has 0 rings (SSSR count). The van der Waals surface area contributed by atoms with Crippen molar-refractivity contribution in [3.8, 4) is 0 Å². The molecule has 3 unspecified atom stereocenters. The van der Waals surface area contributed by atoms with Gasteiger partial charge in [-0.05, 0) is 64.2 Å². The summed E-state index contributed by atoms with van der Waals surface area (Å²) < 4.78 is 23.3. The van der Waals surface area contributed by atoms with Gasteiger partial charge in [-0.2, -0.15) is 0 Å². The van der Waals surface area contributed by atoms with Crippen molar-refractivity contribution in [1.82, 2.24) is 5.32 Å². The molecule has 0 saturated heterocycles. The molecular weight excluding hydrogens is 864 g/mol. The second kappa shape index (κ2) is 50.4. The predicted molar refractivity (Wildman–Crippen MR) is 293 cm³/mol. The molecule has 0 aliphatic heterocycles. The molecule has 0 heterocycles. The van der Waals surface area contributed by atoms with E-state index in [2.05, 4.69) is 55.6 Å². The number of phosphoric ester groups is 1. The van der Waals surface area contributed by atoms with Gasteiger partial charge in [-0.25, -0.2) is 0 Å². The van der Waals surface area contributed by atoms with E-state index in [1.165, 1.54) is 205 Å². The zero-order valence-corrected chi connectivity index (χ0v) is 46.5. The van der Waals surface area contributed by atoms with E-state index in [0.717, 1.165) is 44.9 Å². The number of likely N-dealkylation sites (N-methyl/N-ethyl adjacent to an activating group) is 1. The maximum atomic E-state index is 13.0. The summed E-state index contributed by atoms with van der Waals surface area (Å²) in [7, 11) is 1.25. The lowest BCUT2D eigenvalue weighted by Crippen LogP contribution is -2.45. The summed E-state index contributed by atoms with van der Waals surface area (Å²) >= 11 is 0. The van der Waals surface area contributed by atoms with E-state index < -0.39 is 26.6 Å². The molecule has 0 fully saturated rings. The molecule has 0 aliphatic rings. The van der Waals surface area contributed by atoms with E-state index in [9.17, 15) is 19.4 Å². The molecule has 0 aromatic rings. The number of phosphoric acid groups is 1. The second-order valence-electron chi connectivity index (χ2n) is 21.0. The molecule has 0 saturated carbocycles. The van der Waals surface area contributed by atoms with Crippen LogP contribution in [-0.2, 0) is 18.4 Å². The monoisotopic (exact) mass is 977 g/mol. The fraction of sp³-hybridized carbons (Fsp3) is 0.847. The van der Waals surface area contributed by atoms with E-state index in [1.54, 1.807) is 6.08 Å². The van der Waals surface area contributed by atoms with E-state index in [-0.39, 0.29) is 12.5 Å². The van der Waals surface area contributed by atoms with Crippen LogP contribution < -0.4 is 10.2 Å². The van der Waals surface area contributed by atoms with Crippen LogP contribution in [0.25, 0.3) is 0 Å². The van der Waals surface area contributed by atoms with Crippen molar-refractivity contribution in [1.29, 1.82) is 0 Å². The molecular formula is C59H113N2O6P. The number of carbonyl (C=O) groups is 1. The van der Waals surface area contributed by atoms with Crippen molar-refractivity contribution in [3.05, 3.63) is 48.6 Å². The SMILES string of the molecule is CCCCCCCCCCC/C=C\C/C=C\CCCCCCCCCCCCCC(=O)NC(COP(=O)([O-])OCC[N+](C)(C)C)C(O)/C=C/CC/C=C/CCCCCCCCCCCCCCC. The number of quaternary nitrogens is 1. The maximum Gasteiger partial charge on any atom is 0.268 e. The summed E-state index contributed by atoms with van der Waals surface area (Å²) in [6.07, 6.45) is 66.2. The molecule has 3 atom stereocenters. The van der Waals surface area contributed by atoms with Crippen LogP contribution in [0.5, 0.6) is 0 Å². The van der Waals surface area contributed by atoms with Gasteiger partial charge in [0.05, 0.1) is 39.9 Å². The Morgan fingerprint density at radius 2 is 0.868 bits per heavy atom. The molecule has 1 amide bonds. The third-order valence-electron chi connectivity index (χ3n) is 13.0. The fourth-order valence-corrected chi connectivity index (χ4v) is 9.16. The number of nitrogens with one attached hydrogen (secondary N) is 1. The lowest BCUT2D eigenvalue weighted by molar-refractivity contribution is -0.870. The van der Waals surface area contributed by atoms with Gasteiger partial charge in [0, 0.05) is 6.42 Å². The summed E-state index contributed by atoms with van der Waals surface area (Å²) in [4.78, 5) is 25.5. The van der Waals surface area contributed by atoms with Gasteiger partial charge in [0.1, 0.15) is 13.2 Å². The predicted octanol–water partition coefficient (Wildman–Crippen LogP) is 16.9. The maximum absolute atomic E-state index is 13.0. The Balaban J connectivity index is 4.23. The van der Waals surface area contributed by atoms with Crippen molar-refractivity contribution in [2.45, 2.75) is 283 Å². The fourth-order valence-electron chi connectivity index (χ4n) is 8.44. The smallest absolute Gasteiger partial charge is 0.268 e. The number of nitrogens with zero attached hydrogens (tertiary/aromatic N) is 1. The van der Waals surface area contributed by atoms with Crippen LogP contribution >= 0.6 is 7.82 Å². The molecule has 0 aromatic carbocycles. The Morgan fingerprint density at radius 1 is 0.515 bits per heavy atom. The summed E-state index contributed by atoms with van der Waals surface area (Å²) in [5, 5.41) is 13.9. The van der Waals surface area contributed by atoms with Crippen LogP contribution in [-0.4, -0.2) is 68.5 Å². The molecule has 0 bridgehead atoms. The number of carbonyl (C=O) groups excluding carboxylic acids is 1. The van der Waals surface area contributed by atoms with Crippen LogP contribution in [0.4, 0.5) is 0 Å². The molecule has 0 spiro atoms. The van der Waals surface area contributed by atoms with E-state index in [0.29, 0.717) is 17.4 Å². The van der Waals surface area contributed by atoms with Gasteiger partial charge in [-0.1, -0.05) is 249 Å². The zero-order valence-electron chi connectivity index (χ0n) is 45.6. The molecule has 400 valence electrons. The van der Waals surface area contributed by atoms with Gasteiger partial charge in [0.15, 0.2) is 0 Å². The number of hydrogen-bond acceptors (Lipinski definition) is 6. The van der Waals surface area contributed by atoms with Crippen LogP contribution in [0.2, 0.25) is 0 Å². The first kappa shape index (κ1) is 66.5. The molecule has 2 N–H and O–H groups in total. The van der Waals surface area contributed by atoms with Crippen molar-refractivity contribution < 1.29 is 32.9 Å². The number of hydrogen-bond donors (Lipinski definition) is 2.